The second kappa shape index (κ2) is 6.89. The molecule has 1 amide bonds. The number of ether oxygens (including phenoxy) is 1. The predicted octanol–water partition coefficient (Wildman–Crippen LogP) is 2.02. The average Bonchev–Trinajstić information content (AvgIpc) is 2.88. The Balaban J connectivity index is 1.96. The summed E-state index contributed by atoms with van der Waals surface area (Å²) >= 11 is 11.6. The van der Waals surface area contributed by atoms with Crippen molar-refractivity contribution in [2.75, 3.05) is 11.9 Å². The van der Waals surface area contributed by atoms with Crippen LogP contribution in [0.15, 0.2) is 18.2 Å². The third-order valence-corrected chi connectivity index (χ3v) is 3.64. The fourth-order valence-electron chi connectivity index (χ4n) is 1.93. The largest absolute Gasteiger partial charge is 0.465 e. The van der Waals surface area contributed by atoms with Crippen molar-refractivity contribution in [1.29, 1.82) is 0 Å². The van der Waals surface area contributed by atoms with Crippen LogP contribution in [0.2, 0.25) is 10.0 Å². The average molecular weight is 344 g/mol. The Morgan fingerprint density at radius 2 is 2.00 bits per heavy atom. The van der Waals surface area contributed by atoms with Gasteiger partial charge in [-0.05, 0) is 18.2 Å². The number of cyclic esters (lactones) is 1. The van der Waals surface area contributed by atoms with Gasteiger partial charge in [0.2, 0.25) is 5.78 Å². The first-order valence-corrected chi connectivity index (χ1v) is 7.12. The minimum Gasteiger partial charge on any atom is -0.465 e. The summed E-state index contributed by atoms with van der Waals surface area (Å²) in [7, 11) is 0. The Morgan fingerprint density at radius 1 is 1.27 bits per heavy atom. The Labute approximate surface area is 135 Å². The quantitative estimate of drug-likeness (QED) is 0.501. The van der Waals surface area contributed by atoms with Gasteiger partial charge in [0.05, 0.1) is 23.7 Å². The van der Waals surface area contributed by atoms with Crippen LogP contribution in [0.1, 0.15) is 12.8 Å². The van der Waals surface area contributed by atoms with Gasteiger partial charge in [0.1, 0.15) is 5.92 Å². The second-order valence-corrected chi connectivity index (χ2v) is 5.50. The number of rotatable bonds is 5. The number of anilines is 1. The molecule has 0 spiro atoms. The van der Waals surface area contributed by atoms with Crippen LogP contribution in [0.25, 0.3) is 0 Å². The van der Waals surface area contributed by atoms with E-state index in [1.54, 1.807) is 0 Å². The number of hydrogen-bond donors (Lipinski definition) is 1. The van der Waals surface area contributed by atoms with E-state index < -0.39 is 35.8 Å². The number of ketones is 2. The van der Waals surface area contributed by atoms with Crippen LogP contribution in [0.3, 0.4) is 0 Å². The summed E-state index contributed by atoms with van der Waals surface area (Å²) in [6.07, 6.45) is -0.424. The van der Waals surface area contributed by atoms with Crippen molar-refractivity contribution in [3.8, 4) is 0 Å². The molecule has 1 atom stereocenters. The van der Waals surface area contributed by atoms with E-state index in [-0.39, 0.29) is 23.7 Å². The molecule has 0 saturated carbocycles. The highest BCUT2D eigenvalue weighted by Gasteiger charge is 2.34. The SMILES string of the molecule is O=C(CC(=O)[C@@H]1CCOC1=O)C(=O)Nc1ccc(Cl)cc1Cl. The van der Waals surface area contributed by atoms with Gasteiger partial charge >= 0.3 is 5.97 Å². The van der Waals surface area contributed by atoms with Crippen LogP contribution in [0.4, 0.5) is 5.69 Å². The summed E-state index contributed by atoms with van der Waals surface area (Å²) in [6, 6.07) is 4.34. The van der Waals surface area contributed by atoms with Crippen LogP contribution < -0.4 is 5.32 Å². The fraction of sp³-hybridized carbons (Fsp3) is 0.286. The lowest BCUT2D eigenvalue weighted by molar-refractivity contribution is -0.145. The summed E-state index contributed by atoms with van der Waals surface area (Å²) in [5, 5.41) is 2.84. The smallest absolute Gasteiger partial charge is 0.316 e. The van der Waals surface area contributed by atoms with E-state index in [1.165, 1.54) is 18.2 Å². The fourth-order valence-corrected chi connectivity index (χ4v) is 2.39. The van der Waals surface area contributed by atoms with Gasteiger partial charge in [-0.25, -0.2) is 0 Å². The summed E-state index contributed by atoms with van der Waals surface area (Å²) in [5.74, 6) is -4.17. The Bertz CT molecular complexity index is 659. The third-order valence-electron chi connectivity index (χ3n) is 3.09. The number of hydrogen-bond acceptors (Lipinski definition) is 5. The van der Waals surface area contributed by atoms with Gasteiger partial charge in [0, 0.05) is 11.4 Å². The lowest BCUT2D eigenvalue weighted by Crippen LogP contribution is -2.29. The Hall–Kier alpha value is -1.92. The van der Waals surface area contributed by atoms with Crippen LogP contribution >= 0.6 is 23.2 Å². The predicted molar refractivity (Wildman–Crippen MR) is 78.8 cm³/mol. The van der Waals surface area contributed by atoms with Gasteiger partial charge in [-0.3, -0.25) is 19.2 Å². The molecule has 1 fully saturated rings. The molecule has 1 N–H and O–H groups in total. The van der Waals surface area contributed by atoms with Gasteiger partial charge in [-0.1, -0.05) is 23.2 Å². The first-order valence-electron chi connectivity index (χ1n) is 6.37. The van der Waals surface area contributed by atoms with E-state index in [2.05, 4.69) is 10.1 Å². The first-order chi connectivity index (χ1) is 10.4. The maximum atomic E-state index is 11.8. The van der Waals surface area contributed by atoms with Crippen LogP contribution in [-0.2, 0) is 23.9 Å². The van der Waals surface area contributed by atoms with Gasteiger partial charge in [0.15, 0.2) is 5.78 Å². The molecule has 8 heteroatoms. The van der Waals surface area contributed by atoms with E-state index in [0.717, 1.165) is 0 Å². The van der Waals surface area contributed by atoms with E-state index in [0.29, 0.717) is 5.02 Å². The van der Waals surface area contributed by atoms with Crippen LogP contribution in [-0.4, -0.2) is 30.0 Å². The molecule has 116 valence electrons. The molecule has 6 nitrogen and oxygen atoms in total. The molecule has 0 unspecified atom stereocenters. The topological polar surface area (TPSA) is 89.5 Å². The monoisotopic (exact) mass is 343 g/mol. The maximum absolute atomic E-state index is 11.8. The first kappa shape index (κ1) is 16.5. The van der Waals surface area contributed by atoms with Crippen molar-refractivity contribution in [3.63, 3.8) is 0 Å². The van der Waals surface area contributed by atoms with E-state index >= 15 is 0 Å². The summed E-state index contributed by atoms with van der Waals surface area (Å²) in [5.41, 5.74) is 0.206. The van der Waals surface area contributed by atoms with Gasteiger partial charge < -0.3 is 10.1 Å². The van der Waals surface area contributed by atoms with Crippen LogP contribution in [0, 0.1) is 5.92 Å². The molecule has 22 heavy (non-hydrogen) atoms. The number of carbonyl (C=O) groups is 4. The zero-order valence-electron chi connectivity index (χ0n) is 11.2. The molecule has 1 aliphatic rings. The number of halogens is 2. The number of nitrogens with one attached hydrogen (secondary N) is 1. The number of amides is 1. The Morgan fingerprint density at radius 3 is 2.59 bits per heavy atom. The lowest BCUT2D eigenvalue weighted by atomic mass is 9.98. The minimum absolute atomic E-state index is 0.149. The highest BCUT2D eigenvalue weighted by atomic mass is 35.5. The van der Waals surface area contributed by atoms with E-state index in [4.69, 9.17) is 23.2 Å². The minimum atomic E-state index is -0.982. The number of Topliss-reactive ketones (excluding diaryl/α,β-unsaturated/α-hetero) is 2. The van der Waals surface area contributed by atoms with Gasteiger partial charge in [0.25, 0.3) is 5.91 Å². The molecular weight excluding hydrogens is 333 g/mol. The van der Waals surface area contributed by atoms with Gasteiger partial charge in [-0.15, -0.1) is 0 Å². The summed E-state index contributed by atoms with van der Waals surface area (Å²) < 4.78 is 4.65. The summed E-state index contributed by atoms with van der Waals surface area (Å²) in [6.45, 7) is 0.149. The zero-order chi connectivity index (χ0) is 16.3. The van der Waals surface area contributed by atoms with E-state index in [1.807, 2.05) is 0 Å². The molecule has 1 aromatic rings. The maximum Gasteiger partial charge on any atom is 0.316 e. The van der Waals surface area contributed by atoms with Crippen molar-refractivity contribution in [1.82, 2.24) is 0 Å². The zero-order valence-corrected chi connectivity index (χ0v) is 12.7. The second-order valence-electron chi connectivity index (χ2n) is 4.65. The van der Waals surface area contributed by atoms with Crippen molar-refractivity contribution in [2.45, 2.75) is 12.8 Å². The third kappa shape index (κ3) is 3.84. The molecule has 1 aromatic carbocycles. The van der Waals surface area contributed by atoms with Crippen molar-refractivity contribution >= 4 is 52.3 Å². The molecule has 1 heterocycles. The summed E-state index contributed by atoms with van der Waals surface area (Å²) in [4.78, 5) is 46.5. The molecule has 0 radical (unpaired) electrons. The molecule has 1 saturated heterocycles. The number of carbonyl (C=O) groups excluding carboxylic acids is 4. The van der Waals surface area contributed by atoms with Gasteiger partial charge in [-0.2, -0.15) is 0 Å². The normalized spacial score (nSPS) is 17.0. The van der Waals surface area contributed by atoms with Crippen molar-refractivity contribution < 1.29 is 23.9 Å². The molecule has 0 bridgehead atoms. The number of esters is 1. The van der Waals surface area contributed by atoms with E-state index in [9.17, 15) is 19.2 Å². The highest BCUT2D eigenvalue weighted by Crippen LogP contribution is 2.25. The van der Waals surface area contributed by atoms with Crippen LogP contribution in [0.5, 0.6) is 0 Å². The molecule has 0 aromatic heterocycles. The standard InChI is InChI=1S/C14H11Cl2NO5/c15-7-1-2-10(9(16)5-7)17-13(20)12(19)6-11(18)8-3-4-22-14(8)21/h1-2,5,8H,3-4,6H2,(H,17,20)/t8-/m0/s1. The highest BCUT2D eigenvalue weighted by molar-refractivity contribution is 6.45. The molecule has 1 aliphatic heterocycles. The molecular formula is C14H11Cl2NO5. The molecule has 2 rings (SSSR count). The van der Waals surface area contributed by atoms with Crippen molar-refractivity contribution in [2.24, 2.45) is 5.92 Å². The lowest BCUT2D eigenvalue weighted by Gasteiger charge is -2.07. The van der Waals surface area contributed by atoms with Crippen molar-refractivity contribution in [3.05, 3.63) is 28.2 Å². The Kier molecular flexibility index (Phi) is 5.15. The number of benzene rings is 1. The molecule has 0 aliphatic carbocycles.